The number of rotatable bonds is 6. The molecule has 2 aromatic heterocycles. The van der Waals surface area contributed by atoms with Crippen LogP contribution < -0.4 is 5.32 Å². The lowest BCUT2D eigenvalue weighted by Crippen LogP contribution is -2.41. The average molecular weight is 342 g/mol. The number of nitrogens with one attached hydrogen (secondary N) is 1. The molecular formula is C18H26N6O. The molecule has 0 unspecified atom stereocenters. The van der Waals surface area contributed by atoms with Crippen molar-refractivity contribution < 1.29 is 4.79 Å². The van der Waals surface area contributed by atoms with E-state index in [1.165, 1.54) is 5.69 Å². The molecule has 2 aromatic rings. The number of aromatic nitrogens is 4. The maximum atomic E-state index is 12.5. The van der Waals surface area contributed by atoms with Crippen LogP contribution in [-0.4, -0.2) is 50.2 Å². The molecule has 3 rings (SSSR count). The van der Waals surface area contributed by atoms with Crippen molar-refractivity contribution in [3.63, 3.8) is 0 Å². The Kier molecular flexibility index (Phi) is 5.63. The van der Waals surface area contributed by atoms with Gasteiger partial charge in [-0.3, -0.25) is 9.48 Å². The van der Waals surface area contributed by atoms with E-state index in [-0.39, 0.29) is 5.91 Å². The van der Waals surface area contributed by atoms with Gasteiger partial charge >= 0.3 is 0 Å². The van der Waals surface area contributed by atoms with Crippen LogP contribution in [0.1, 0.15) is 43.1 Å². The van der Waals surface area contributed by atoms with E-state index in [1.54, 1.807) is 18.5 Å². The van der Waals surface area contributed by atoms with Crippen molar-refractivity contribution in [2.45, 2.75) is 45.6 Å². The number of likely N-dealkylation sites (tertiary alicyclic amines) is 1. The van der Waals surface area contributed by atoms with Crippen LogP contribution in [-0.2, 0) is 4.79 Å². The normalized spacial score (nSPS) is 17.5. The maximum absolute atomic E-state index is 12.5. The van der Waals surface area contributed by atoms with Crippen molar-refractivity contribution in [3.05, 3.63) is 35.9 Å². The molecule has 1 atom stereocenters. The molecule has 1 fully saturated rings. The number of hydrogen-bond donors (Lipinski definition) is 1. The second-order valence-electron chi connectivity index (χ2n) is 6.61. The summed E-state index contributed by atoms with van der Waals surface area (Å²) in [7, 11) is 0. The lowest BCUT2D eigenvalue weighted by Gasteiger charge is -2.33. The first-order valence-electron chi connectivity index (χ1n) is 8.95. The first-order chi connectivity index (χ1) is 12.1. The predicted octanol–water partition coefficient (Wildman–Crippen LogP) is 2.35. The van der Waals surface area contributed by atoms with Gasteiger partial charge in [-0.25, -0.2) is 9.97 Å². The van der Waals surface area contributed by atoms with Crippen LogP contribution >= 0.6 is 0 Å². The van der Waals surface area contributed by atoms with E-state index in [1.807, 2.05) is 11.8 Å². The van der Waals surface area contributed by atoms with Crippen molar-refractivity contribution >= 4 is 11.9 Å². The minimum absolute atomic E-state index is 0.224. The Labute approximate surface area is 148 Å². The first kappa shape index (κ1) is 17.4. The lowest BCUT2D eigenvalue weighted by molar-refractivity contribution is -0.132. The summed E-state index contributed by atoms with van der Waals surface area (Å²) in [6.45, 7) is 6.40. The molecule has 7 nitrogen and oxygen atoms in total. The molecule has 25 heavy (non-hydrogen) atoms. The largest absolute Gasteiger partial charge is 0.354 e. The van der Waals surface area contributed by atoms with E-state index in [2.05, 4.69) is 38.1 Å². The molecule has 1 saturated heterocycles. The van der Waals surface area contributed by atoms with Gasteiger partial charge in [-0.05, 0) is 45.2 Å². The van der Waals surface area contributed by atoms with Crippen LogP contribution in [0.2, 0.25) is 0 Å². The quantitative estimate of drug-likeness (QED) is 0.816. The summed E-state index contributed by atoms with van der Waals surface area (Å²) in [6, 6.07) is 4.17. The molecule has 0 radical (unpaired) electrons. The Morgan fingerprint density at radius 2 is 2.12 bits per heavy atom. The molecule has 3 heterocycles. The summed E-state index contributed by atoms with van der Waals surface area (Å²) in [5.41, 5.74) is 2.21. The van der Waals surface area contributed by atoms with Gasteiger partial charge in [0.1, 0.15) is 0 Å². The minimum atomic E-state index is 0.224. The molecule has 134 valence electrons. The molecule has 0 bridgehead atoms. The predicted molar refractivity (Wildman–Crippen MR) is 96.3 cm³/mol. The fourth-order valence-corrected chi connectivity index (χ4v) is 3.38. The summed E-state index contributed by atoms with van der Waals surface area (Å²) >= 11 is 0. The van der Waals surface area contributed by atoms with Gasteiger partial charge < -0.3 is 10.2 Å². The number of anilines is 1. The van der Waals surface area contributed by atoms with Crippen molar-refractivity contribution in [1.29, 1.82) is 0 Å². The number of carbonyl (C=O) groups is 1. The van der Waals surface area contributed by atoms with Crippen molar-refractivity contribution in [2.75, 3.05) is 25.0 Å². The highest BCUT2D eigenvalue weighted by Crippen LogP contribution is 2.23. The highest BCUT2D eigenvalue weighted by Gasteiger charge is 2.25. The number of piperidine rings is 1. The summed E-state index contributed by atoms with van der Waals surface area (Å²) in [5.74, 6) is 0.833. The van der Waals surface area contributed by atoms with Gasteiger partial charge in [-0.2, -0.15) is 5.10 Å². The summed E-state index contributed by atoms with van der Waals surface area (Å²) in [4.78, 5) is 22.7. The zero-order valence-electron chi connectivity index (χ0n) is 15.0. The van der Waals surface area contributed by atoms with Gasteiger partial charge in [0.2, 0.25) is 11.9 Å². The third kappa shape index (κ3) is 4.55. The zero-order chi connectivity index (χ0) is 17.6. The smallest absolute Gasteiger partial charge is 0.222 e. The monoisotopic (exact) mass is 342 g/mol. The fourth-order valence-electron chi connectivity index (χ4n) is 3.38. The number of hydrogen-bond acceptors (Lipinski definition) is 5. The second kappa shape index (κ2) is 8.09. The van der Waals surface area contributed by atoms with Crippen molar-refractivity contribution in [2.24, 2.45) is 0 Å². The Morgan fingerprint density at radius 3 is 2.84 bits per heavy atom. The lowest BCUT2D eigenvalue weighted by atomic mass is 10.0. The highest BCUT2D eigenvalue weighted by molar-refractivity contribution is 5.76. The van der Waals surface area contributed by atoms with Crippen LogP contribution in [0.5, 0.6) is 0 Å². The van der Waals surface area contributed by atoms with Gasteiger partial charge in [-0.1, -0.05) is 0 Å². The van der Waals surface area contributed by atoms with Crippen molar-refractivity contribution in [1.82, 2.24) is 24.6 Å². The van der Waals surface area contributed by atoms with Crippen molar-refractivity contribution in [3.8, 4) is 0 Å². The van der Waals surface area contributed by atoms with E-state index in [0.717, 1.165) is 38.0 Å². The van der Waals surface area contributed by atoms with Gasteiger partial charge in [-0.15, -0.1) is 0 Å². The van der Waals surface area contributed by atoms with E-state index < -0.39 is 0 Å². The minimum Gasteiger partial charge on any atom is -0.354 e. The molecule has 1 aliphatic rings. The van der Waals surface area contributed by atoms with E-state index >= 15 is 0 Å². The van der Waals surface area contributed by atoms with Crippen LogP contribution in [0, 0.1) is 13.8 Å². The van der Waals surface area contributed by atoms with Crippen LogP contribution in [0.25, 0.3) is 0 Å². The van der Waals surface area contributed by atoms with E-state index in [4.69, 9.17) is 0 Å². The van der Waals surface area contributed by atoms with Gasteiger partial charge in [0.05, 0.1) is 11.7 Å². The molecular weight excluding hydrogens is 316 g/mol. The Morgan fingerprint density at radius 1 is 1.32 bits per heavy atom. The second-order valence-corrected chi connectivity index (χ2v) is 6.61. The molecule has 1 amide bonds. The third-order valence-electron chi connectivity index (χ3n) is 4.56. The number of amides is 1. The molecule has 7 heteroatoms. The highest BCUT2D eigenvalue weighted by atomic mass is 16.2. The van der Waals surface area contributed by atoms with Gasteiger partial charge in [0.15, 0.2) is 0 Å². The number of carbonyl (C=O) groups excluding carboxylic acids is 1. The van der Waals surface area contributed by atoms with Crippen LogP contribution in [0.4, 0.5) is 5.95 Å². The van der Waals surface area contributed by atoms with E-state index in [0.29, 0.717) is 25.0 Å². The number of nitrogens with zero attached hydrogens (tertiary/aromatic N) is 5. The molecule has 0 aliphatic carbocycles. The zero-order valence-corrected chi connectivity index (χ0v) is 15.0. The molecule has 0 aromatic carbocycles. The molecule has 0 spiro atoms. The van der Waals surface area contributed by atoms with Crippen LogP contribution in [0.3, 0.4) is 0 Å². The van der Waals surface area contributed by atoms with E-state index in [9.17, 15) is 4.79 Å². The summed E-state index contributed by atoms with van der Waals surface area (Å²) in [6.07, 6.45) is 6.84. The third-order valence-corrected chi connectivity index (χ3v) is 4.56. The Bertz CT molecular complexity index is 699. The molecule has 1 N–H and O–H groups in total. The fraction of sp³-hybridized carbons (Fsp3) is 0.556. The average Bonchev–Trinajstić information content (AvgIpc) is 2.98. The summed E-state index contributed by atoms with van der Waals surface area (Å²) in [5, 5.41) is 7.73. The standard InChI is InChI=1S/C18H26N6O/c1-14-12-15(2)24(22-14)16-6-4-11-23(13-16)17(25)7-3-8-19-18-20-9-5-10-21-18/h5,9-10,12,16H,3-4,6-8,11,13H2,1-2H3,(H,19,20,21)/t16-/m1/s1. The Hall–Kier alpha value is -2.44. The number of aryl methyl sites for hydroxylation is 2. The van der Waals surface area contributed by atoms with Gasteiger partial charge in [0, 0.05) is 44.1 Å². The Balaban J connectivity index is 1.46. The maximum Gasteiger partial charge on any atom is 0.222 e. The topological polar surface area (TPSA) is 75.9 Å². The molecule has 1 aliphatic heterocycles. The van der Waals surface area contributed by atoms with Crippen LogP contribution in [0.15, 0.2) is 24.5 Å². The summed E-state index contributed by atoms with van der Waals surface area (Å²) < 4.78 is 2.09. The molecule has 0 saturated carbocycles. The first-order valence-corrected chi connectivity index (χ1v) is 8.95. The SMILES string of the molecule is Cc1cc(C)n([C@@H]2CCCN(C(=O)CCCNc3ncccn3)C2)n1. The van der Waals surface area contributed by atoms with Gasteiger partial charge in [0.25, 0.3) is 0 Å².